The van der Waals surface area contributed by atoms with Gasteiger partial charge in [0.05, 0.1) is 12.0 Å². The third-order valence-corrected chi connectivity index (χ3v) is 1.76. The molecular weight excluding hydrogens is 186 g/mol. The predicted octanol–water partition coefficient (Wildman–Crippen LogP) is -0.532. The maximum absolute atomic E-state index is 9.63. The lowest BCUT2D eigenvalue weighted by Crippen LogP contribution is -2.36. The SMILES string of the molecule is COCc1noc(CC(C)(O)CN)n1. The molecular formula is C8H15N3O3. The summed E-state index contributed by atoms with van der Waals surface area (Å²) in [5.74, 6) is 0.836. The molecule has 0 aliphatic heterocycles. The molecule has 0 aliphatic carbocycles. The van der Waals surface area contributed by atoms with Crippen LogP contribution in [0.5, 0.6) is 0 Å². The summed E-state index contributed by atoms with van der Waals surface area (Å²) >= 11 is 0. The van der Waals surface area contributed by atoms with Gasteiger partial charge in [-0.1, -0.05) is 5.16 Å². The number of rotatable bonds is 5. The summed E-state index contributed by atoms with van der Waals surface area (Å²) in [6.45, 7) is 2.07. The Balaban J connectivity index is 2.59. The molecule has 14 heavy (non-hydrogen) atoms. The highest BCUT2D eigenvalue weighted by Gasteiger charge is 2.22. The molecule has 1 rings (SSSR count). The van der Waals surface area contributed by atoms with Crippen LogP contribution in [0.25, 0.3) is 0 Å². The van der Waals surface area contributed by atoms with E-state index in [2.05, 4.69) is 10.1 Å². The molecule has 0 fully saturated rings. The molecule has 6 nitrogen and oxygen atoms in total. The van der Waals surface area contributed by atoms with Crippen LogP contribution in [0, 0.1) is 0 Å². The minimum atomic E-state index is -1.00. The van der Waals surface area contributed by atoms with Gasteiger partial charge in [0.15, 0.2) is 5.82 Å². The second-order valence-corrected chi connectivity index (χ2v) is 3.42. The number of aromatic nitrogens is 2. The van der Waals surface area contributed by atoms with E-state index in [1.165, 1.54) is 0 Å². The van der Waals surface area contributed by atoms with E-state index in [0.29, 0.717) is 18.3 Å². The number of methoxy groups -OCH3 is 1. The van der Waals surface area contributed by atoms with E-state index in [-0.39, 0.29) is 13.0 Å². The zero-order chi connectivity index (χ0) is 10.6. The number of ether oxygens (including phenoxy) is 1. The van der Waals surface area contributed by atoms with E-state index in [9.17, 15) is 5.11 Å². The standard InChI is InChI=1S/C8H15N3O3/c1-8(12,5-9)3-7-10-6(4-13-2)11-14-7/h12H,3-5,9H2,1-2H3. The average molecular weight is 201 g/mol. The van der Waals surface area contributed by atoms with Crippen molar-refractivity contribution in [3.8, 4) is 0 Å². The maximum atomic E-state index is 9.63. The highest BCUT2D eigenvalue weighted by Crippen LogP contribution is 2.10. The summed E-state index contributed by atoms with van der Waals surface area (Å²) in [5, 5.41) is 13.3. The van der Waals surface area contributed by atoms with Gasteiger partial charge < -0.3 is 20.1 Å². The summed E-state index contributed by atoms with van der Waals surface area (Å²) in [6.07, 6.45) is 0.250. The molecule has 0 saturated carbocycles. The Hall–Kier alpha value is -0.980. The van der Waals surface area contributed by atoms with Crippen LogP contribution in [-0.4, -0.2) is 34.5 Å². The number of aliphatic hydroxyl groups is 1. The zero-order valence-corrected chi connectivity index (χ0v) is 8.36. The number of nitrogens with zero attached hydrogens (tertiary/aromatic N) is 2. The maximum Gasteiger partial charge on any atom is 0.229 e. The van der Waals surface area contributed by atoms with E-state index in [1.54, 1.807) is 14.0 Å². The lowest BCUT2D eigenvalue weighted by molar-refractivity contribution is 0.0610. The molecule has 0 radical (unpaired) electrons. The molecule has 1 atom stereocenters. The van der Waals surface area contributed by atoms with Crippen LogP contribution in [-0.2, 0) is 17.8 Å². The molecule has 0 bridgehead atoms. The molecule has 0 saturated heterocycles. The molecule has 0 amide bonds. The van der Waals surface area contributed by atoms with Crippen molar-refractivity contribution in [2.45, 2.75) is 25.6 Å². The Kier molecular flexibility index (Phi) is 3.56. The number of hydrogen-bond donors (Lipinski definition) is 2. The predicted molar refractivity (Wildman–Crippen MR) is 48.4 cm³/mol. The van der Waals surface area contributed by atoms with Gasteiger partial charge in [0.25, 0.3) is 0 Å². The first-order valence-electron chi connectivity index (χ1n) is 4.30. The van der Waals surface area contributed by atoms with E-state index in [4.69, 9.17) is 15.0 Å². The van der Waals surface area contributed by atoms with E-state index in [1.807, 2.05) is 0 Å². The topological polar surface area (TPSA) is 94.4 Å². The second-order valence-electron chi connectivity index (χ2n) is 3.42. The number of hydrogen-bond acceptors (Lipinski definition) is 6. The van der Waals surface area contributed by atoms with Gasteiger partial charge in [-0.15, -0.1) is 0 Å². The summed E-state index contributed by atoms with van der Waals surface area (Å²) in [6, 6.07) is 0. The smallest absolute Gasteiger partial charge is 0.229 e. The summed E-state index contributed by atoms with van der Waals surface area (Å²) < 4.78 is 9.72. The first kappa shape index (κ1) is 11.1. The fourth-order valence-corrected chi connectivity index (χ4v) is 0.948. The van der Waals surface area contributed by atoms with Crippen LogP contribution in [0.1, 0.15) is 18.6 Å². The average Bonchev–Trinajstić information content (AvgIpc) is 2.53. The monoisotopic (exact) mass is 201 g/mol. The van der Waals surface area contributed by atoms with Gasteiger partial charge in [-0.25, -0.2) is 0 Å². The Morgan fingerprint density at radius 1 is 1.64 bits per heavy atom. The van der Waals surface area contributed by atoms with Crippen molar-refractivity contribution in [2.24, 2.45) is 5.73 Å². The van der Waals surface area contributed by atoms with Crippen LogP contribution in [0.4, 0.5) is 0 Å². The van der Waals surface area contributed by atoms with E-state index >= 15 is 0 Å². The zero-order valence-electron chi connectivity index (χ0n) is 8.36. The Bertz CT molecular complexity index is 285. The van der Waals surface area contributed by atoms with Crippen LogP contribution in [0.3, 0.4) is 0 Å². The summed E-state index contributed by atoms with van der Waals surface area (Å²) in [4.78, 5) is 4.01. The van der Waals surface area contributed by atoms with Gasteiger partial charge in [-0.2, -0.15) is 4.98 Å². The molecule has 3 N–H and O–H groups in total. The van der Waals surface area contributed by atoms with Crippen LogP contribution < -0.4 is 5.73 Å². The first-order valence-corrected chi connectivity index (χ1v) is 4.30. The molecule has 1 aromatic rings. The second kappa shape index (κ2) is 4.50. The molecule has 80 valence electrons. The molecule has 1 heterocycles. The van der Waals surface area contributed by atoms with Crippen molar-refractivity contribution in [1.29, 1.82) is 0 Å². The molecule has 6 heteroatoms. The highest BCUT2D eigenvalue weighted by atomic mass is 16.5. The fraction of sp³-hybridized carbons (Fsp3) is 0.750. The molecule has 0 spiro atoms. The van der Waals surface area contributed by atoms with E-state index < -0.39 is 5.60 Å². The Morgan fingerprint density at radius 3 is 2.93 bits per heavy atom. The Morgan fingerprint density at radius 2 is 2.36 bits per heavy atom. The van der Waals surface area contributed by atoms with Gasteiger partial charge in [0.1, 0.15) is 6.61 Å². The van der Waals surface area contributed by atoms with Gasteiger partial charge in [0.2, 0.25) is 5.89 Å². The van der Waals surface area contributed by atoms with Crippen molar-refractivity contribution in [3.63, 3.8) is 0 Å². The minimum absolute atomic E-state index is 0.148. The molecule has 1 unspecified atom stereocenters. The van der Waals surface area contributed by atoms with Crippen LogP contribution >= 0.6 is 0 Å². The summed E-state index contributed by atoms with van der Waals surface area (Å²) in [7, 11) is 1.55. The number of nitrogens with two attached hydrogens (primary N) is 1. The third kappa shape index (κ3) is 3.06. The lowest BCUT2D eigenvalue weighted by Gasteiger charge is -2.17. The van der Waals surface area contributed by atoms with Gasteiger partial charge in [-0.3, -0.25) is 0 Å². The fourth-order valence-electron chi connectivity index (χ4n) is 0.948. The first-order chi connectivity index (χ1) is 6.57. The van der Waals surface area contributed by atoms with Crippen LogP contribution in [0.15, 0.2) is 4.52 Å². The molecule has 1 aromatic heterocycles. The minimum Gasteiger partial charge on any atom is -0.388 e. The largest absolute Gasteiger partial charge is 0.388 e. The van der Waals surface area contributed by atoms with Crippen molar-refractivity contribution in [1.82, 2.24) is 10.1 Å². The van der Waals surface area contributed by atoms with Crippen molar-refractivity contribution in [3.05, 3.63) is 11.7 Å². The van der Waals surface area contributed by atoms with E-state index in [0.717, 1.165) is 0 Å². The molecule has 0 aliphatic rings. The highest BCUT2D eigenvalue weighted by molar-refractivity contribution is 4.91. The Labute approximate surface area is 82.1 Å². The normalized spacial score (nSPS) is 15.4. The van der Waals surface area contributed by atoms with Crippen molar-refractivity contribution in [2.75, 3.05) is 13.7 Å². The third-order valence-electron chi connectivity index (χ3n) is 1.76. The van der Waals surface area contributed by atoms with Crippen LogP contribution in [0.2, 0.25) is 0 Å². The van der Waals surface area contributed by atoms with Gasteiger partial charge >= 0.3 is 0 Å². The van der Waals surface area contributed by atoms with Crippen molar-refractivity contribution < 1.29 is 14.4 Å². The molecule has 0 aromatic carbocycles. The van der Waals surface area contributed by atoms with Gasteiger partial charge in [-0.05, 0) is 6.92 Å². The van der Waals surface area contributed by atoms with Crippen molar-refractivity contribution >= 4 is 0 Å². The summed E-state index contributed by atoms with van der Waals surface area (Å²) in [5.41, 5.74) is 4.35. The lowest BCUT2D eigenvalue weighted by atomic mass is 10.0. The van der Waals surface area contributed by atoms with Gasteiger partial charge in [0, 0.05) is 13.7 Å². The quantitative estimate of drug-likeness (QED) is 0.665.